The second-order valence-corrected chi connectivity index (χ2v) is 2.59. The van der Waals surface area contributed by atoms with E-state index in [1.165, 1.54) is 6.08 Å². The molecular formula is C10H12N2. The number of nitriles is 1. The van der Waals surface area contributed by atoms with Gasteiger partial charge >= 0.3 is 0 Å². The van der Waals surface area contributed by atoms with Gasteiger partial charge in [0.25, 0.3) is 0 Å². The van der Waals surface area contributed by atoms with Crippen LogP contribution in [0.4, 0.5) is 0 Å². The van der Waals surface area contributed by atoms with Crippen LogP contribution in [-0.2, 0) is 6.54 Å². The summed E-state index contributed by atoms with van der Waals surface area (Å²) in [4.78, 5) is 0. The second kappa shape index (κ2) is 4.40. The van der Waals surface area contributed by atoms with Crippen LogP contribution >= 0.6 is 0 Å². The molecule has 0 fully saturated rings. The summed E-state index contributed by atoms with van der Waals surface area (Å²) in [6.07, 6.45) is 6.47. The van der Waals surface area contributed by atoms with E-state index in [4.69, 9.17) is 5.26 Å². The van der Waals surface area contributed by atoms with Crippen LogP contribution in [0.5, 0.6) is 0 Å². The van der Waals surface area contributed by atoms with Crippen molar-refractivity contribution in [3.63, 3.8) is 0 Å². The number of allylic oxidation sites excluding steroid dienone is 1. The highest BCUT2D eigenvalue weighted by molar-refractivity contribution is 5.48. The zero-order chi connectivity index (χ0) is 8.81. The molecule has 12 heavy (non-hydrogen) atoms. The quantitative estimate of drug-likeness (QED) is 0.624. The van der Waals surface area contributed by atoms with Crippen LogP contribution in [0.2, 0.25) is 0 Å². The molecule has 0 aliphatic carbocycles. The molecule has 0 unspecified atom stereocenters. The normalized spacial score (nSPS) is 10.3. The van der Waals surface area contributed by atoms with E-state index in [1.807, 2.05) is 30.5 Å². The van der Waals surface area contributed by atoms with Crippen LogP contribution in [0.25, 0.3) is 6.08 Å². The Hall–Kier alpha value is -1.49. The van der Waals surface area contributed by atoms with Gasteiger partial charge in [0, 0.05) is 24.5 Å². The van der Waals surface area contributed by atoms with Crippen molar-refractivity contribution in [3.05, 3.63) is 30.1 Å². The number of aryl methyl sites for hydroxylation is 1. The fourth-order valence-electron chi connectivity index (χ4n) is 1.15. The van der Waals surface area contributed by atoms with E-state index in [2.05, 4.69) is 11.5 Å². The third-order valence-corrected chi connectivity index (χ3v) is 1.66. The molecular weight excluding hydrogens is 148 g/mol. The minimum Gasteiger partial charge on any atom is -0.348 e. The highest BCUT2D eigenvalue weighted by Gasteiger charge is 1.93. The molecule has 0 aliphatic rings. The van der Waals surface area contributed by atoms with Crippen molar-refractivity contribution < 1.29 is 0 Å². The summed E-state index contributed by atoms with van der Waals surface area (Å²) in [6, 6.07) is 5.98. The maximum absolute atomic E-state index is 8.34. The first kappa shape index (κ1) is 8.61. The first-order valence-electron chi connectivity index (χ1n) is 4.09. The van der Waals surface area contributed by atoms with Gasteiger partial charge in [-0.1, -0.05) is 6.92 Å². The number of hydrogen-bond acceptors (Lipinski definition) is 1. The summed E-state index contributed by atoms with van der Waals surface area (Å²) in [5.74, 6) is 0. The molecule has 1 aromatic heterocycles. The number of nitrogens with zero attached hydrogens (tertiary/aromatic N) is 2. The lowest BCUT2D eigenvalue weighted by Crippen LogP contribution is -1.96. The van der Waals surface area contributed by atoms with Crippen LogP contribution in [0.1, 0.15) is 19.0 Å². The largest absolute Gasteiger partial charge is 0.348 e. The summed E-state index contributed by atoms with van der Waals surface area (Å²) in [5.41, 5.74) is 1.10. The molecule has 1 rings (SSSR count). The van der Waals surface area contributed by atoms with Gasteiger partial charge in [-0.3, -0.25) is 0 Å². The molecule has 1 aromatic rings. The Balaban J connectivity index is 2.78. The number of aromatic nitrogens is 1. The minimum absolute atomic E-state index is 1.01. The molecule has 0 N–H and O–H groups in total. The summed E-state index contributed by atoms with van der Waals surface area (Å²) < 4.78 is 2.13. The topological polar surface area (TPSA) is 28.7 Å². The molecule has 0 aliphatic heterocycles. The van der Waals surface area contributed by atoms with Crippen molar-refractivity contribution in [2.45, 2.75) is 19.9 Å². The standard InChI is InChI=1S/C10H12N2/c1-2-8-12-9-4-6-10(12)5-3-7-11/h3-6,9H,2,8H2,1H3/b5-3+. The lowest BCUT2D eigenvalue weighted by molar-refractivity contribution is 0.678. The number of hydrogen-bond donors (Lipinski definition) is 0. The summed E-state index contributed by atoms with van der Waals surface area (Å²) in [5, 5.41) is 8.34. The van der Waals surface area contributed by atoms with E-state index in [0.29, 0.717) is 0 Å². The average Bonchev–Trinajstić information content (AvgIpc) is 2.50. The van der Waals surface area contributed by atoms with Crippen LogP contribution < -0.4 is 0 Å². The van der Waals surface area contributed by atoms with Gasteiger partial charge in [0.1, 0.15) is 0 Å². The Labute approximate surface area is 72.7 Å². The van der Waals surface area contributed by atoms with Gasteiger partial charge in [0.05, 0.1) is 6.07 Å². The molecule has 0 bridgehead atoms. The Kier molecular flexibility index (Phi) is 3.16. The predicted octanol–water partition coefficient (Wildman–Crippen LogP) is 2.43. The van der Waals surface area contributed by atoms with Crippen LogP contribution in [-0.4, -0.2) is 4.57 Å². The fraction of sp³-hybridized carbons (Fsp3) is 0.300. The van der Waals surface area contributed by atoms with Crippen LogP contribution in [0.3, 0.4) is 0 Å². The number of rotatable bonds is 3. The zero-order valence-electron chi connectivity index (χ0n) is 7.20. The second-order valence-electron chi connectivity index (χ2n) is 2.59. The molecule has 0 spiro atoms. The van der Waals surface area contributed by atoms with Crippen molar-refractivity contribution in [1.29, 1.82) is 5.26 Å². The van der Waals surface area contributed by atoms with Gasteiger partial charge in [0.15, 0.2) is 0 Å². The van der Waals surface area contributed by atoms with E-state index >= 15 is 0 Å². The molecule has 2 heteroatoms. The van der Waals surface area contributed by atoms with Crippen molar-refractivity contribution in [2.24, 2.45) is 0 Å². The monoisotopic (exact) mass is 160 g/mol. The lowest BCUT2D eigenvalue weighted by atomic mass is 10.3. The third-order valence-electron chi connectivity index (χ3n) is 1.66. The molecule has 1 heterocycles. The summed E-state index contributed by atoms with van der Waals surface area (Å²) in [7, 11) is 0. The van der Waals surface area contributed by atoms with Crippen molar-refractivity contribution in [2.75, 3.05) is 0 Å². The van der Waals surface area contributed by atoms with Gasteiger partial charge in [-0.15, -0.1) is 0 Å². The Bertz CT molecular complexity index is 302. The Morgan fingerprint density at radius 1 is 1.67 bits per heavy atom. The first-order chi connectivity index (χ1) is 5.88. The SMILES string of the molecule is CCCn1cccc1/C=C/C#N. The van der Waals surface area contributed by atoms with E-state index in [1.54, 1.807) is 0 Å². The minimum atomic E-state index is 1.01. The van der Waals surface area contributed by atoms with E-state index in [-0.39, 0.29) is 0 Å². The summed E-state index contributed by atoms with van der Waals surface area (Å²) in [6.45, 7) is 3.15. The van der Waals surface area contributed by atoms with Gasteiger partial charge in [0.2, 0.25) is 0 Å². The molecule has 0 atom stereocenters. The van der Waals surface area contributed by atoms with Crippen LogP contribution in [0.15, 0.2) is 24.4 Å². The highest BCUT2D eigenvalue weighted by atomic mass is 15.0. The van der Waals surface area contributed by atoms with Gasteiger partial charge in [-0.25, -0.2) is 0 Å². The maximum atomic E-state index is 8.34. The van der Waals surface area contributed by atoms with Crippen molar-refractivity contribution >= 4 is 6.08 Å². The zero-order valence-corrected chi connectivity index (χ0v) is 7.20. The van der Waals surface area contributed by atoms with Gasteiger partial charge in [-0.05, 0) is 24.6 Å². The molecule has 0 amide bonds. The van der Waals surface area contributed by atoms with E-state index in [9.17, 15) is 0 Å². The lowest BCUT2D eigenvalue weighted by Gasteiger charge is -2.02. The van der Waals surface area contributed by atoms with Crippen LogP contribution in [0, 0.1) is 11.3 Å². The smallest absolute Gasteiger partial charge is 0.0912 e. The average molecular weight is 160 g/mol. The molecule has 0 saturated heterocycles. The molecule has 62 valence electrons. The first-order valence-corrected chi connectivity index (χ1v) is 4.09. The maximum Gasteiger partial charge on any atom is 0.0912 e. The Morgan fingerprint density at radius 3 is 3.17 bits per heavy atom. The molecule has 0 aromatic carbocycles. The Morgan fingerprint density at radius 2 is 2.50 bits per heavy atom. The predicted molar refractivity (Wildman–Crippen MR) is 49.4 cm³/mol. The van der Waals surface area contributed by atoms with Gasteiger partial charge in [-0.2, -0.15) is 5.26 Å². The molecule has 0 radical (unpaired) electrons. The molecule has 2 nitrogen and oxygen atoms in total. The molecule has 0 saturated carbocycles. The van der Waals surface area contributed by atoms with Crippen molar-refractivity contribution in [3.8, 4) is 6.07 Å². The van der Waals surface area contributed by atoms with Gasteiger partial charge < -0.3 is 4.57 Å². The summed E-state index contributed by atoms with van der Waals surface area (Å²) >= 11 is 0. The fourth-order valence-corrected chi connectivity index (χ4v) is 1.15. The van der Waals surface area contributed by atoms with Crippen molar-refractivity contribution in [1.82, 2.24) is 4.57 Å². The highest BCUT2D eigenvalue weighted by Crippen LogP contribution is 2.05. The third kappa shape index (κ3) is 2.00. The van der Waals surface area contributed by atoms with E-state index in [0.717, 1.165) is 18.7 Å². The van der Waals surface area contributed by atoms with E-state index < -0.39 is 0 Å².